The molecular formula is C11H15N2O2+. The zero-order valence-electron chi connectivity index (χ0n) is 9.10. The van der Waals surface area contributed by atoms with E-state index in [0.29, 0.717) is 5.82 Å². The van der Waals surface area contributed by atoms with E-state index in [9.17, 15) is 10.2 Å². The van der Waals surface area contributed by atoms with Gasteiger partial charge in [-0.1, -0.05) is 12.1 Å². The molecule has 0 saturated carbocycles. The first-order valence-electron chi connectivity index (χ1n) is 4.81. The Morgan fingerprint density at radius 3 is 2.40 bits per heavy atom. The van der Waals surface area contributed by atoms with Crippen molar-refractivity contribution >= 4 is 11.0 Å². The van der Waals surface area contributed by atoms with Crippen LogP contribution in [0.25, 0.3) is 11.0 Å². The standard InChI is InChI=1S/C11H15N2O2/c1-11(14,15)10-12(2)8-6-4-5-7-9(8)13(10)3/h4-7,14-15H,1-3H3/q+1. The van der Waals surface area contributed by atoms with E-state index in [4.69, 9.17) is 0 Å². The van der Waals surface area contributed by atoms with Crippen molar-refractivity contribution < 1.29 is 14.8 Å². The van der Waals surface area contributed by atoms with Gasteiger partial charge in [0.05, 0.1) is 14.1 Å². The van der Waals surface area contributed by atoms with Crippen LogP contribution in [0.4, 0.5) is 0 Å². The highest BCUT2D eigenvalue weighted by Gasteiger charge is 2.35. The summed E-state index contributed by atoms with van der Waals surface area (Å²) in [6.45, 7) is 1.36. The van der Waals surface area contributed by atoms with Crippen LogP contribution in [-0.2, 0) is 19.9 Å². The summed E-state index contributed by atoms with van der Waals surface area (Å²) in [5, 5.41) is 19.3. The second-order valence-corrected chi connectivity index (χ2v) is 3.95. The first-order valence-corrected chi connectivity index (χ1v) is 4.81. The maximum Gasteiger partial charge on any atom is 0.317 e. The van der Waals surface area contributed by atoms with Gasteiger partial charge >= 0.3 is 5.82 Å². The highest BCUT2D eigenvalue weighted by molar-refractivity contribution is 5.72. The monoisotopic (exact) mass is 207 g/mol. The van der Waals surface area contributed by atoms with E-state index in [0.717, 1.165) is 11.0 Å². The van der Waals surface area contributed by atoms with E-state index < -0.39 is 5.79 Å². The Hall–Kier alpha value is -1.39. The summed E-state index contributed by atoms with van der Waals surface area (Å²) in [6, 6.07) is 7.76. The Morgan fingerprint density at radius 1 is 1.27 bits per heavy atom. The molecule has 2 N–H and O–H groups in total. The molecule has 4 nitrogen and oxygen atoms in total. The third-order valence-corrected chi connectivity index (χ3v) is 2.66. The summed E-state index contributed by atoms with van der Waals surface area (Å²) in [7, 11) is 3.64. The maximum absolute atomic E-state index is 9.67. The van der Waals surface area contributed by atoms with Crippen LogP contribution in [0.2, 0.25) is 0 Å². The fourth-order valence-electron chi connectivity index (χ4n) is 2.12. The first-order chi connectivity index (χ1) is 6.93. The molecule has 0 fully saturated rings. The lowest BCUT2D eigenvalue weighted by molar-refractivity contribution is -0.666. The molecule has 80 valence electrons. The lowest BCUT2D eigenvalue weighted by atomic mass is 10.3. The van der Waals surface area contributed by atoms with Crippen molar-refractivity contribution in [3.8, 4) is 0 Å². The summed E-state index contributed by atoms with van der Waals surface area (Å²) in [6.07, 6.45) is 0. The molecule has 0 atom stereocenters. The van der Waals surface area contributed by atoms with Crippen LogP contribution in [0.1, 0.15) is 12.7 Å². The van der Waals surface area contributed by atoms with Crippen LogP contribution in [0.5, 0.6) is 0 Å². The minimum absolute atomic E-state index is 0.462. The Morgan fingerprint density at radius 2 is 1.87 bits per heavy atom. The quantitative estimate of drug-likeness (QED) is 0.517. The van der Waals surface area contributed by atoms with E-state index in [1.54, 1.807) is 9.13 Å². The van der Waals surface area contributed by atoms with Crippen LogP contribution in [0.3, 0.4) is 0 Å². The molecule has 0 bridgehead atoms. The van der Waals surface area contributed by atoms with Crippen molar-refractivity contribution in [3.05, 3.63) is 30.1 Å². The predicted molar refractivity (Wildman–Crippen MR) is 55.9 cm³/mol. The number of rotatable bonds is 1. The van der Waals surface area contributed by atoms with Gasteiger partial charge in [0.2, 0.25) is 0 Å². The molecule has 0 unspecified atom stereocenters. The van der Waals surface area contributed by atoms with E-state index in [-0.39, 0.29) is 0 Å². The molecule has 0 spiro atoms. The Labute approximate surface area is 88.0 Å². The molecule has 1 aromatic carbocycles. The molecule has 0 amide bonds. The third kappa shape index (κ3) is 1.42. The molecule has 15 heavy (non-hydrogen) atoms. The van der Waals surface area contributed by atoms with Crippen molar-refractivity contribution in [3.63, 3.8) is 0 Å². The van der Waals surface area contributed by atoms with Crippen LogP contribution in [0, 0.1) is 0 Å². The van der Waals surface area contributed by atoms with Gasteiger partial charge in [-0.25, -0.2) is 9.13 Å². The number of nitrogens with zero attached hydrogens (tertiary/aromatic N) is 2. The third-order valence-electron chi connectivity index (χ3n) is 2.66. The van der Waals surface area contributed by atoms with Gasteiger partial charge in [0.1, 0.15) is 0 Å². The number of benzene rings is 1. The molecule has 2 rings (SSSR count). The van der Waals surface area contributed by atoms with Crippen molar-refractivity contribution in [1.29, 1.82) is 0 Å². The molecule has 1 aromatic heterocycles. The summed E-state index contributed by atoms with van der Waals surface area (Å²) < 4.78 is 3.57. The molecule has 0 aliphatic rings. The predicted octanol–water partition coefficient (Wildman–Crippen LogP) is 0.160. The minimum Gasteiger partial charge on any atom is -0.356 e. The van der Waals surface area contributed by atoms with Crippen molar-refractivity contribution in [2.45, 2.75) is 12.7 Å². The largest absolute Gasteiger partial charge is 0.356 e. The highest BCUT2D eigenvalue weighted by atomic mass is 16.5. The summed E-state index contributed by atoms with van der Waals surface area (Å²) in [4.78, 5) is 0. The number of hydrogen-bond acceptors (Lipinski definition) is 2. The van der Waals surface area contributed by atoms with E-state index >= 15 is 0 Å². The van der Waals surface area contributed by atoms with Gasteiger partial charge in [0.25, 0.3) is 5.79 Å². The smallest absolute Gasteiger partial charge is 0.317 e. The number of fused-ring (bicyclic) bond motifs is 1. The fourth-order valence-corrected chi connectivity index (χ4v) is 2.12. The van der Waals surface area contributed by atoms with Gasteiger partial charge in [0, 0.05) is 6.92 Å². The van der Waals surface area contributed by atoms with Crippen molar-refractivity contribution in [2.24, 2.45) is 14.1 Å². The normalized spacial score (nSPS) is 12.3. The molecule has 4 heteroatoms. The van der Waals surface area contributed by atoms with Crippen LogP contribution in [0.15, 0.2) is 24.3 Å². The van der Waals surface area contributed by atoms with E-state index in [2.05, 4.69) is 0 Å². The fraction of sp³-hybridized carbons (Fsp3) is 0.364. The molecule has 0 aliphatic heterocycles. The number of aryl methyl sites for hydroxylation is 2. The number of para-hydroxylation sites is 2. The SMILES string of the molecule is Cn1c(C(C)(O)O)[n+](C)c2ccccc21. The van der Waals surface area contributed by atoms with Gasteiger partial charge in [0.15, 0.2) is 11.0 Å². The minimum atomic E-state index is -1.83. The molecule has 2 aromatic rings. The molecule has 1 heterocycles. The highest BCUT2D eigenvalue weighted by Crippen LogP contribution is 2.19. The topological polar surface area (TPSA) is 49.3 Å². The van der Waals surface area contributed by atoms with Crippen LogP contribution >= 0.6 is 0 Å². The van der Waals surface area contributed by atoms with E-state index in [1.807, 2.05) is 38.4 Å². The van der Waals surface area contributed by atoms with Gasteiger partial charge in [-0.2, -0.15) is 0 Å². The molecule has 0 saturated heterocycles. The number of hydrogen-bond donors (Lipinski definition) is 2. The van der Waals surface area contributed by atoms with Crippen LogP contribution in [-0.4, -0.2) is 14.8 Å². The Bertz CT molecular complexity index is 470. The van der Waals surface area contributed by atoms with Crippen molar-refractivity contribution in [2.75, 3.05) is 0 Å². The molecular weight excluding hydrogens is 192 g/mol. The van der Waals surface area contributed by atoms with E-state index in [1.165, 1.54) is 6.92 Å². The zero-order valence-corrected chi connectivity index (χ0v) is 9.10. The average molecular weight is 207 g/mol. The number of imidazole rings is 1. The Kier molecular flexibility index (Phi) is 2.06. The van der Waals surface area contributed by atoms with Crippen LogP contribution < -0.4 is 4.57 Å². The summed E-state index contributed by atoms with van der Waals surface area (Å²) >= 11 is 0. The van der Waals surface area contributed by atoms with Gasteiger partial charge in [-0.15, -0.1) is 0 Å². The average Bonchev–Trinajstić information content (AvgIpc) is 2.39. The number of aliphatic hydroxyl groups is 2. The second kappa shape index (κ2) is 3.05. The molecule has 0 radical (unpaired) electrons. The second-order valence-electron chi connectivity index (χ2n) is 3.95. The maximum atomic E-state index is 9.67. The van der Waals surface area contributed by atoms with Gasteiger partial charge in [-0.3, -0.25) is 0 Å². The number of aromatic nitrogens is 2. The molecule has 0 aliphatic carbocycles. The first kappa shape index (κ1) is 10.1. The van der Waals surface area contributed by atoms with Gasteiger partial charge < -0.3 is 10.2 Å². The van der Waals surface area contributed by atoms with Gasteiger partial charge in [-0.05, 0) is 12.1 Å². The lowest BCUT2D eigenvalue weighted by Crippen LogP contribution is -2.42. The Balaban J connectivity index is 2.87. The summed E-state index contributed by atoms with van der Waals surface area (Å²) in [5.41, 5.74) is 1.95. The van der Waals surface area contributed by atoms with Crippen molar-refractivity contribution in [1.82, 2.24) is 4.57 Å². The lowest BCUT2D eigenvalue weighted by Gasteiger charge is -2.11. The zero-order chi connectivity index (χ0) is 11.2. The summed E-state index contributed by atoms with van der Waals surface area (Å²) in [5.74, 6) is -1.37.